The number of nitrogens with zero attached hydrogens (tertiary/aromatic N) is 2. The molecule has 0 saturated carbocycles. The Balaban J connectivity index is 2.76. The summed E-state index contributed by atoms with van der Waals surface area (Å²) in [7, 11) is 0. The summed E-state index contributed by atoms with van der Waals surface area (Å²) < 4.78 is 0. The maximum Gasteiger partial charge on any atom is 0.291 e. The number of aromatic nitrogens is 3. The van der Waals surface area contributed by atoms with Crippen molar-refractivity contribution < 1.29 is 4.79 Å². The zero-order valence-corrected chi connectivity index (χ0v) is 11.3. The summed E-state index contributed by atoms with van der Waals surface area (Å²) >= 11 is 0. The molecule has 17 heavy (non-hydrogen) atoms. The molecule has 5 heteroatoms. The molecule has 0 radical (unpaired) electrons. The van der Waals surface area contributed by atoms with Gasteiger partial charge in [-0.15, -0.1) is 5.10 Å². The van der Waals surface area contributed by atoms with Crippen LogP contribution in [0, 0.1) is 0 Å². The molecule has 0 aromatic carbocycles. The van der Waals surface area contributed by atoms with Crippen molar-refractivity contribution in [1.82, 2.24) is 20.5 Å². The standard InChI is InChI=1S/C12H22N4O/c1-6-12(5,7-2)14-11(17)10-13-9(8(3)4)15-16-10/h8H,6-7H2,1-5H3,(H,14,17)(H,13,15,16). The van der Waals surface area contributed by atoms with Gasteiger partial charge in [0.1, 0.15) is 5.82 Å². The molecule has 0 atom stereocenters. The molecule has 0 bridgehead atoms. The number of hydrogen-bond acceptors (Lipinski definition) is 3. The summed E-state index contributed by atoms with van der Waals surface area (Å²) in [6, 6.07) is 0. The molecule has 2 N–H and O–H groups in total. The van der Waals surface area contributed by atoms with E-state index in [1.54, 1.807) is 0 Å². The van der Waals surface area contributed by atoms with Crippen LogP contribution in [-0.2, 0) is 0 Å². The van der Waals surface area contributed by atoms with E-state index < -0.39 is 0 Å². The second kappa shape index (κ2) is 5.29. The van der Waals surface area contributed by atoms with E-state index in [4.69, 9.17) is 0 Å². The van der Waals surface area contributed by atoms with Crippen molar-refractivity contribution in [2.75, 3.05) is 0 Å². The predicted molar refractivity (Wildman–Crippen MR) is 66.9 cm³/mol. The number of carbonyl (C=O) groups is 1. The molecule has 5 nitrogen and oxygen atoms in total. The first-order chi connectivity index (χ1) is 7.91. The summed E-state index contributed by atoms with van der Waals surface area (Å²) in [4.78, 5) is 16.1. The molecule has 0 saturated heterocycles. The number of aromatic amines is 1. The first kappa shape index (κ1) is 13.7. The van der Waals surface area contributed by atoms with Gasteiger partial charge in [-0.25, -0.2) is 4.98 Å². The molecule has 0 unspecified atom stereocenters. The zero-order valence-electron chi connectivity index (χ0n) is 11.3. The lowest BCUT2D eigenvalue weighted by Crippen LogP contribution is -2.45. The number of hydrogen-bond donors (Lipinski definition) is 2. The van der Waals surface area contributed by atoms with Gasteiger partial charge >= 0.3 is 0 Å². The molecule has 1 aromatic rings. The van der Waals surface area contributed by atoms with Crippen LogP contribution in [0.5, 0.6) is 0 Å². The minimum Gasteiger partial charge on any atom is -0.344 e. The largest absolute Gasteiger partial charge is 0.344 e. The Bertz CT molecular complexity index is 380. The average molecular weight is 238 g/mol. The lowest BCUT2D eigenvalue weighted by molar-refractivity contribution is 0.0890. The molecule has 1 heterocycles. The summed E-state index contributed by atoms with van der Waals surface area (Å²) in [5.74, 6) is 0.999. The van der Waals surface area contributed by atoms with Crippen LogP contribution in [0.3, 0.4) is 0 Å². The van der Waals surface area contributed by atoms with Crippen molar-refractivity contribution in [1.29, 1.82) is 0 Å². The van der Waals surface area contributed by atoms with E-state index in [2.05, 4.69) is 34.3 Å². The normalized spacial score (nSPS) is 11.9. The Labute approximate surface area is 102 Å². The van der Waals surface area contributed by atoms with Gasteiger partial charge in [0.2, 0.25) is 5.82 Å². The third-order valence-corrected chi connectivity index (χ3v) is 3.23. The Morgan fingerprint density at radius 1 is 1.41 bits per heavy atom. The van der Waals surface area contributed by atoms with Crippen LogP contribution in [-0.4, -0.2) is 26.6 Å². The van der Waals surface area contributed by atoms with Gasteiger partial charge in [0.25, 0.3) is 5.91 Å². The number of carbonyl (C=O) groups excluding carboxylic acids is 1. The maximum atomic E-state index is 12.0. The molecule has 1 aromatic heterocycles. The predicted octanol–water partition coefficient (Wildman–Crippen LogP) is 2.24. The highest BCUT2D eigenvalue weighted by atomic mass is 16.2. The van der Waals surface area contributed by atoms with Crippen LogP contribution >= 0.6 is 0 Å². The van der Waals surface area contributed by atoms with E-state index in [0.29, 0.717) is 0 Å². The lowest BCUT2D eigenvalue weighted by Gasteiger charge is -2.27. The highest BCUT2D eigenvalue weighted by Gasteiger charge is 2.24. The van der Waals surface area contributed by atoms with Crippen LogP contribution in [0.2, 0.25) is 0 Å². The Hall–Kier alpha value is -1.39. The molecule has 0 aliphatic carbocycles. The molecule has 96 valence electrons. The van der Waals surface area contributed by atoms with Crippen molar-refractivity contribution in [3.63, 3.8) is 0 Å². The molecule has 0 fully saturated rings. The summed E-state index contributed by atoms with van der Waals surface area (Å²) in [5.41, 5.74) is -0.185. The van der Waals surface area contributed by atoms with E-state index in [9.17, 15) is 4.79 Å². The molecular weight excluding hydrogens is 216 g/mol. The smallest absolute Gasteiger partial charge is 0.291 e. The van der Waals surface area contributed by atoms with E-state index in [1.165, 1.54) is 0 Å². The molecule has 0 spiro atoms. The fraction of sp³-hybridized carbons (Fsp3) is 0.750. The summed E-state index contributed by atoms with van der Waals surface area (Å²) in [6.45, 7) is 10.2. The average Bonchev–Trinajstić information content (AvgIpc) is 2.78. The highest BCUT2D eigenvalue weighted by molar-refractivity contribution is 5.90. The fourth-order valence-electron chi connectivity index (χ4n) is 1.39. The zero-order chi connectivity index (χ0) is 13.1. The first-order valence-corrected chi connectivity index (χ1v) is 6.16. The third-order valence-electron chi connectivity index (χ3n) is 3.23. The van der Waals surface area contributed by atoms with Crippen molar-refractivity contribution in [2.24, 2.45) is 0 Å². The van der Waals surface area contributed by atoms with Crippen LogP contribution < -0.4 is 5.32 Å². The van der Waals surface area contributed by atoms with E-state index in [1.807, 2.05) is 20.8 Å². The van der Waals surface area contributed by atoms with E-state index in [-0.39, 0.29) is 23.2 Å². The first-order valence-electron chi connectivity index (χ1n) is 6.16. The van der Waals surface area contributed by atoms with Crippen molar-refractivity contribution in [3.05, 3.63) is 11.6 Å². The SMILES string of the molecule is CCC(C)(CC)NC(=O)c1n[nH]c(C(C)C)n1. The molecule has 1 rings (SSSR count). The maximum absolute atomic E-state index is 12.0. The van der Waals surface area contributed by atoms with Gasteiger partial charge in [0.05, 0.1) is 0 Å². The van der Waals surface area contributed by atoms with E-state index in [0.717, 1.165) is 18.7 Å². The molecule has 0 aliphatic rings. The second-order valence-electron chi connectivity index (χ2n) is 4.92. The van der Waals surface area contributed by atoms with Gasteiger partial charge in [-0.05, 0) is 19.8 Å². The van der Waals surface area contributed by atoms with Gasteiger partial charge in [-0.3, -0.25) is 9.89 Å². The highest BCUT2D eigenvalue weighted by Crippen LogP contribution is 2.14. The van der Waals surface area contributed by atoms with Crippen LogP contribution in [0.4, 0.5) is 0 Å². The van der Waals surface area contributed by atoms with Crippen molar-refractivity contribution >= 4 is 5.91 Å². The minimum atomic E-state index is -0.209. The third kappa shape index (κ3) is 3.28. The van der Waals surface area contributed by atoms with Gasteiger partial charge < -0.3 is 5.32 Å². The quantitative estimate of drug-likeness (QED) is 0.826. The van der Waals surface area contributed by atoms with Crippen molar-refractivity contribution in [3.8, 4) is 0 Å². The summed E-state index contributed by atoms with van der Waals surface area (Å²) in [5, 5.41) is 9.71. The topological polar surface area (TPSA) is 70.7 Å². The Kier molecular flexibility index (Phi) is 4.26. The number of rotatable bonds is 5. The van der Waals surface area contributed by atoms with Crippen LogP contribution in [0.15, 0.2) is 0 Å². The number of amides is 1. The van der Waals surface area contributed by atoms with Gasteiger partial charge in [-0.2, -0.15) is 0 Å². The Morgan fingerprint density at radius 2 is 2.00 bits per heavy atom. The van der Waals surface area contributed by atoms with Crippen LogP contribution in [0.1, 0.15) is 69.8 Å². The number of nitrogens with one attached hydrogen (secondary N) is 2. The van der Waals surface area contributed by atoms with Crippen LogP contribution in [0.25, 0.3) is 0 Å². The van der Waals surface area contributed by atoms with Gasteiger partial charge in [-0.1, -0.05) is 27.7 Å². The monoisotopic (exact) mass is 238 g/mol. The van der Waals surface area contributed by atoms with Gasteiger partial charge in [0.15, 0.2) is 0 Å². The fourth-order valence-corrected chi connectivity index (χ4v) is 1.39. The summed E-state index contributed by atoms with van der Waals surface area (Å²) in [6.07, 6.45) is 1.77. The van der Waals surface area contributed by atoms with E-state index >= 15 is 0 Å². The van der Waals surface area contributed by atoms with Gasteiger partial charge in [0, 0.05) is 11.5 Å². The molecule has 1 amide bonds. The lowest BCUT2D eigenvalue weighted by atomic mass is 9.95. The van der Waals surface area contributed by atoms with Crippen molar-refractivity contribution in [2.45, 2.75) is 58.9 Å². The minimum absolute atomic E-state index is 0.185. The number of H-pyrrole nitrogens is 1. The Morgan fingerprint density at radius 3 is 2.41 bits per heavy atom. The molecule has 0 aliphatic heterocycles. The second-order valence-corrected chi connectivity index (χ2v) is 4.92. The molecular formula is C12H22N4O.